The van der Waals surface area contributed by atoms with Crippen LogP contribution in [0.25, 0.3) is 10.6 Å². The Labute approximate surface area is 193 Å². The van der Waals surface area contributed by atoms with Crippen molar-refractivity contribution in [2.75, 3.05) is 13.1 Å². The van der Waals surface area contributed by atoms with E-state index in [4.69, 9.17) is 4.98 Å². The van der Waals surface area contributed by atoms with Gasteiger partial charge in [0.15, 0.2) is 0 Å². The van der Waals surface area contributed by atoms with Gasteiger partial charge in [-0.1, -0.05) is 48.0 Å². The molecule has 2 amide bonds. The fourth-order valence-corrected chi connectivity index (χ4v) is 5.24. The number of piperidine rings is 1. The van der Waals surface area contributed by atoms with Crippen LogP contribution < -0.4 is 5.32 Å². The quantitative estimate of drug-likeness (QED) is 0.588. The molecule has 5 nitrogen and oxygen atoms in total. The summed E-state index contributed by atoms with van der Waals surface area (Å²) in [5.74, 6) is -0.184. The molecule has 0 radical (unpaired) electrons. The Bertz CT molecular complexity index is 1090. The fraction of sp³-hybridized carbons (Fsp3) is 0.346. The Morgan fingerprint density at radius 2 is 1.81 bits per heavy atom. The summed E-state index contributed by atoms with van der Waals surface area (Å²) in [4.78, 5) is 33.5. The first kappa shape index (κ1) is 22.2. The third-order valence-corrected chi connectivity index (χ3v) is 7.37. The molecule has 0 aliphatic carbocycles. The van der Waals surface area contributed by atoms with Gasteiger partial charge in [-0.2, -0.15) is 0 Å². The van der Waals surface area contributed by atoms with Gasteiger partial charge in [0.25, 0.3) is 5.91 Å². The van der Waals surface area contributed by atoms with Crippen LogP contribution in [0.15, 0.2) is 54.6 Å². The number of likely N-dealkylation sites (tertiary alicyclic amines) is 1. The molecule has 1 fully saturated rings. The van der Waals surface area contributed by atoms with E-state index in [9.17, 15) is 9.59 Å². The largest absolute Gasteiger partial charge is 0.348 e. The molecular formula is C26H29N3O2S. The third kappa shape index (κ3) is 4.91. The Balaban J connectivity index is 1.40. The number of benzene rings is 2. The Morgan fingerprint density at radius 3 is 2.53 bits per heavy atom. The maximum Gasteiger partial charge on any atom is 0.253 e. The van der Waals surface area contributed by atoms with Gasteiger partial charge < -0.3 is 10.2 Å². The molecule has 0 saturated carbocycles. The lowest BCUT2D eigenvalue weighted by Crippen LogP contribution is -2.45. The van der Waals surface area contributed by atoms with Crippen molar-refractivity contribution < 1.29 is 9.59 Å². The fourth-order valence-electron chi connectivity index (χ4n) is 4.17. The molecule has 2 aromatic carbocycles. The van der Waals surface area contributed by atoms with Gasteiger partial charge in [0, 0.05) is 24.2 Å². The van der Waals surface area contributed by atoms with Crippen LogP contribution in [0.5, 0.6) is 0 Å². The van der Waals surface area contributed by atoms with Crippen molar-refractivity contribution in [3.05, 3.63) is 76.3 Å². The molecule has 2 unspecified atom stereocenters. The van der Waals surface area contributed by atoms with Gasteiger partial charge in [0.2, 0.25) is 5.91 Å². The maximum atomic E-state index is 13.1. The van der Waals surface area contributed by atoms with Crippen LogP contribution in [-0.2, 0) is 4.79 Å². The zero-order valence-corrected chi connectivity index (χ0v) is 19.6. The zero-order chi connectivity index (χ0) is 22.7. The van der Waals surface area contributed by atoms with E-state index in [1.54, 1.807) is 11.3 Å². The highest BCUT2D eigenvalue weighted by Gasteiger charge is 2.30. The minimum atomic E-state index is -0.192. The first-order chi connectivity index (χ1) is 15.4. The summed E-state index contributed by atoms with van der Waals surface area (Å²) in [6.45, 7) is 7.15. The summed E-state index contributed by atoms with van der Waals surface area (Å²) in [5.41, 5.74) is 3.84. The topological polar surface area (TPSA) is 62.3 Å². The second-order valence-electron chi connectivity index (χ2n) is 8.52. The third-order valence-electron chi connectivity index (χ3n) is 5.98. The lowest BCUT2D eigenvalue weighted by atomic mass is 9.96. The van der Waals surface area contributed by atoms with E-state index >= 15 is 0 Å². The van der Waals surface area contributed by atoms with Crippen molar-refractivity contribution >= 4 is 23.2 Å². The first-order valence-electron chi connectivity index (χ1n) is 11.1. The Hall–Kier alpha value is -2.99. The standard InChI is InChI=1S/C26H29N3O2S/c1-17-11-13-21(14-12-17)26(31)29-15-7-10-22(16-29)24(30)27-18(2)23-19(3)28-25(32-23)20-8-5-4-6-9-20/h4-6,8-9,11-14,18,22H,7,10,15-16H2,1-3H3,(H,27,30). The van der Waals surface area contributed by atoms with Gasteiger partial charge in [-0.05, 0) is 45.7 Å². The first-order valence-corrected chi connectivity index (χ1v) is 11.9. The predicted octanol–water partition coefficient (Wildman–Crippen LogP) is 5.16. The Kier molecular flexibility index (Phi) is 6.70. The van der Waals surface area contributed by atoms with E-state index in [-0.39, 0.29) is 23.8 Å². The molecule has 1 aliphatic heterocycles. The normalized spacial score (nSPS) is 17.1. The molecule has 1 saturated heterocycles. The van der Waals surface area contributed by atoms with Crippen molar-refractivity contribution in [1.82, 2.24) is 15.2 Å². The molecule has 2 atom stereocenters. The molecule has 166 valence electrons. The number of carbonyl (C=O) groups is 2. The second kappa shape index (κ2) is 9.65. The number of amides is 2. The number of aryl methyl sites for hydroxylation is 2. The lowest BCUT2D eigenvalue weighted by Gasteiger charge is -2.32. The zero-order valence-electron chi connectivity index (χ0n) is 18.8. The van der Waals surface area contributed by atoms with Crippen molar-refractivity contribution in [3.8, 4) is 10.6 Å². The monoisotopic (exact) mass is 447 g/mol. The minimum Gasteiger partial charge on any atom is -0.348 e. The van der Waals surface area contributed by atoms with Crippen LogP contribution >= 0.6 is 11.3 Å². The van der Waals surface area contributed by atoms with Gasteiger partial charge in [-0.3, -0.25) is 9.59 Å². The van der Waals surface area contributed by atoms with Crippen LogP contribution in [0.3, 0.4) is 0 Å². The molecule has 1 aromatic heterocycles. The molecule has 32 heavy (non-hydrogen) atoms. The average Bonchev–Trinajstić information content (AvgIpc) is 3.21. The highest BCUT2D eigenvalue weighted by molar-refractivity contribution is 7.15. The van der Waals surface area contributed by atoms with Gasteiger partial charge in [-0.25, -0.2) is 4.98 Å². The molecule has 1 N–H and O–H groups in total. The van der Waals surface area contributed by atoms with Crippen LogP contribution in [0.1, 0.15) is 52.3 Å². The SMILES string of the molecule is Cc1ccc(C(=O)N2CCCC(C(=O)NC(C)c3sc(-c4ccccc4)nc3C)C2)cc1. The van der Waals surface area contributed by atoms with Crippen LogP contribution in [0.4, 0.5) is 0 Å². The van der Waals surface area contributed by atoms with Crippen LogP contribution in [0.2, 0.25) is 0 Å². The van der Waals surface area contributed by atoms with E-state index in [1.807, 2.05) is 80.3 Å². The van der Waals surface area contributed by atoms with E-state index in [1.165, 1.54) is 0 Å². The summed E-state index contributed by atoms with van der Waals surface area (Å²) < 4.78 is 0. The summed E-state index contributed by atoms with van der Waals surface area (Å²) in [6, 6.07) is 17.6. The van der Waals surface area contributed by atoms with Crippen LogP contribution in [-0.4, -0.2) is 34.8 Å². The number of hydrogen-bond donors (Lipinski definition) is 1. The molecule has 3 aromatic rings. The number of aromatic nitrogens is 1. The van der Waals surface area contributed by atoms with Gasteiger partial charge in [0.05, 0.1) is 22.5 Å². The molecule has 0 spiro atoms. The summed E-state index contributed by atoms with van der Waals surface area (Å²) in [6.07, 6.45) is 1.63. The number of nitrogens with one attached hydrogen (secondary N) is 1. The number of thiazole rings is 1. The summed E-state index contributed by atoms with van der Waals surface area (Å²) in [5, 5.41) is 4.14. The maximum absolute atomic E-state index is 13.1. The van der Waals surface area contributed by atoms with Crippen molar-refractivity contribution in [3.63, 3.8) is 0 Å². The van der Waals surface area contributed by atoms with Crippen molar-refractivity contribution in [2.45, 2.75) is 39.7 Å². The molecule has 4 rings (SSSR count). The molecule has 6 heteroatoms. The van der Waals surface area contributed by atoms with E-state index in [0.29, 0.717) is 18.7 Å². The highest BCUT2D eigenvalue weighted by atomic mass is 32.1. The average molecular weight is 448 g/mol. The molecule has 2 heterocycles. The summed E-state index contributed by atoms with van der Waals surface area (Å²) in [7, 11) is 0. The molecular weight excluding hydrogens is 418 g/mol. The molecule has 0 bridgehead atoms. The summed E-state index contributed by atoms with van der Waals surface area (Å²) >= 11 is 1.62. The van der Waals surface area contributed by atoms with Crippen molar-refractivity contribution in [1.29, 1.82) is 0 Å². The smallest absolute Gasteiger partial charge is 0.253 e. The number of nitrogens with zero attached hydrogens (tertiary/aromatic N) is 2. The van der Waals surface area contributed by atoms with E-state index in [2.05, 4.69) is 5.32 Å². The second-order valence-corrected chi connectivity index (χ2v) is 9.55. The van der Waals surface area contributed by atoms with E-state index < -0.39 is 0 Å². The predicted molar refractivity (Wildman–Crippen MR) is 129 cm³/mol. The number of hydrogen-bond acceptors (Lipinski definition) is 4. The number of carbonyl (C=O) groups excluding carboxylic acids is 2. The van der Waals surface area contributed by atoms with Crippen LogP contribution in [0, 0.1) is 19.8 Å². The minimum absolute atomic E-state index is 0.00125. The van der Waals surface area contributed by atoms with Gasteiger partial charge >= 0.3 is 0 Å². The van der Waals surface area contributed by atoms with Crippen molar-refractivity contribution in [2.24, 2.45) is 5.92 Å². The number of rotatable bonds is 5. The molecule has 1 aliphatic rings. The van der Waals surface area contributed by atoms with Gasteiger partial charge in [-0.15, -0.1) is 11.3 Å². The van der Waals surface area contributed by atoms with Gasteiger partial charge in [0.1, 0.15) is 5.01 Å². The lowest BCUT2D eigenvalue weighted by molar-refractivity contribution is -0.127. The highest BCUT2D eigenvalue weighted by Crippen LogP contribution is 2.32. The Morgan fingerprint density at radius 1 is 1.09 bits per heavy atom. The van der Waals surface area contributed by atoms with E-state index in [0.717, 1.165) is 39.5 Å².